The Kier molecular flexibility index (Phi) is 6.24. The van der Waals surface area contributed by atoms with E-state index >= 15 is 0 Å². The van der Waals surface area contributed by atoms with Crippen molar-refractivity contribution in [1.82, 2.24) is 0 Å². The van der Waals surface area contributed by atoms with Crippen molar-refractivity contribution in [3.63, 3.8) is 0 Å². The lowest BCUT2D eigenvalue weighted by Gasteiger charge is -2.26. The zero-order valence-corrected chi connectivity index (χ0v) is 17.0. The summed E-state index contributed by atoms with van der Waals surface area (Å²) >= 11 is 3.60. The average Bonchev–Trinajstić information content (AvgIpc) is 2.71. The number of alkyl halides is 1. The van der Waals surface area contributed by atoms with Crippen LogP contribution in [-0.4, -0.2) is 11.5 Å². The molecule has 126 valence electrons. The van der Waals surface area contributed by atoms with Gasteiger partial charge in [-0.05, 0) is 49.4 Å². The number of halogens is 1. The Hall–Kier alpha value is -1.69. The minimum Gasteiger partial charge on any atom is -0.0880 e. The molecule has 25 heavy (non-hydrogen) atoms. The third-order valence-corrected chi connectivity index (χ3v) is 9.67. The molecule has 0 spiro atoms. The second kappa shape index (κ2) is 8.61. The molecule has 0 fully saturated rings. The van der Waals surface area contributed by atoms with Crippen LogP contribution in [0.3, 0.4) is 0 Å². The Bertz CT molecular complexity index is 714. The predicted molar refractivity (Wildman–Crippen MR) is 118 cm³/mol. The molecule has 0 unspecified atom stereocenters. The quantitative estimate of drug-likeness (QED) is 0.293. The Morgan fingerprint density at radius 2 is 1.08 bits per heavy atom. The largest absolute Gasteiger partial charge is 0.115 e. The molecule has 0 aliphatic carbocycles. The van der Waals surface area contributed by atoms with Crippen LogP contribution in [0.25, 0.3) is 0 Å². The van der Waals surface area contributed by atoms with Crippen LogP contribution >= 0.6 is 23.2 Å². The molecule has 3 aromatic carbocycles. The highest BCUT2D eigenvalue weighted by Gasteiger charge is 2.44. The fraction of sp³-hybridized carbons (Fsp3) is 0.130. The van der Waals surface area contributed by atoms with Gasteiger partial charge in [0.2, 0.25) is 0 Å². The van der Waals surface area contributed by atoms with E-state index in [-0.39, 0.29) is 0 Å². The van der Waals surface area contributed by atoms with Crippen LogP contribution in [0.1, 0.15) is 6.92 Å². The van der Waals surface area contributed by atoms with Gasteiger partial charge in [-0.3, -0.25) is 0 Å². The summed E-state index contributed by atoms with van der Waals surface area (Å²) in [4.78, 5) is 0. The van der Waals surface area contributed by atoms with Gasteiger partial charge in [0, 0.05) is 5.33 Å². The molecule has 0 radical (unpaired) electrons. The van der Waals surface area contributed by atoms with Crippen molar-refractivity contribution in [2.24, 2.45) is 0 Å². The van der Waals surface area contributed by atoms with Crippen LogP contribution in [0.15, 0.2) is 103 Å². The number of hydrogen-bond acceptors (Lipinski definition) is 0. The first-order chi connectivity index (χ1) is 12.3. The van der Waals surface area contributed by atoms with Gasteiger partial charge in [0.05, 0.1) is 6.16 Å². The lowest BCUT2D eigenvalue weighted by atomic mass is 10.3. The van der Waals surface area contributed by atoms with E-state index < -0.39 is 7.26 Å². The van der Waals surface area contributed by atoms with Crippen molar-refractivity contribution in [2.75, 3.05) is 11.5 Å². The summed E-state index contributed by atoms with van der Waals surface area (Å²) in [5.41, 5.74) is 1.38. The van der Waals surface area contributed by atoms with Gasteiger partial charge in [0.15, 0.2) is 0 Å². The molecule has 3 rings (SSSR count). The van der Waals surface area contributed by atoms with E-state index in [1.807, 2.05) is 0 Å². The van der Waals surface area contributed by atoms with Gasteiger partial charge in [0.25, 0.3) is 0 Å². The van der Waals surface area contributed by atoms with Crippen LogP contribution in [-0.2, 0) is 0 Å². The number of rotatable bonds is 6. The number of allylic oxidation sites excluding steroid dienone is 2. The maximum Gasteiger partial charge on any atom is 0.115 e. The molecule has 2 heteroatoms. The molecule has 0 saturated heterocycles. The van der Waals surface area contributed by atoms with E-state index in [1.54, 1.807) is 0 Å². The Morgan fingerprint density at radius 3 is 1.40 bits per heavy atom. The fourth-order valence-corrected chi connectivity index (χ4v) is 7.54. The van der Waals surface area contributed by atoms with E-state index in [4.69, 9.17) is 0 Å². The molecule has 0 aliphatic heterocycles. The van der Waals surface area contributed by atoms with Crippen molar-refractivity contribution in [1.29, 1.82) is 0 Å². The Balaban J connectivity index is 2.27. The second-order valence-electron chi connectivity index (χ2n) is 6.18. The van der Waals surface area contributed by atoms with Gasteiger partial charge in [0.1, 0.15) is 23.2 Å². The zero-order chi connectivity index (χ0) is 17.5. The highest BCUT2D eigenvalue weighted by molar-refractivity contribution is 9.09. The monoisotopic (exact) mass is 409 g/mol. The maximum atomic E-state index is 3.60. The summed E-state index contributed by atoms with van der Waals surface area (Å²) in [6.07, 6.45) is 3.46. The second-order valence-corrected chi connectivity index (χ2v) is 10.3. The van der Waals surface area contributed by atoms with Crippen molar-refractivity contribution >= 4 is 39.1 Å². The van der Waals surface area contributed by atoms with E-state index in [0.29, 0.717) is 0 Å². The number of benzene rings is 3. The average molecular weight is 410 g/mol. The van der Waals surface area contributed by atoms with E-state index in [1.165, 1.54) is 21.5 Å². The van der Waals surface area contributed by atoms with E-state index in [9.17, 15) is 0 Å². The Morgan fingerprint density at radius 1 is 0.720 bits per heavy atom. The maximum absolute atomic E-state index is 3.60. The fourth-order valence-electron chi connectivity index (χ4n) is 3.16. The van der Waals surface area contributed by atoms with Crippen molar-refractivity contribution < 1.29 is 0 Å². The molecule has 0 N–H and O–H groups in total. The molecule has 3 aromatic rings. The summed E-state index contributed by atoms with van der Waals surface area (Å²) in [6, 6.07) is 33.1. The molecule has 0 aliphatic rings. The molecule has 0 nitrogen and oxygen atoms in total. The Labute approximate surface area is 160 Å². The molecule has 0 heterocycles. The van der Waals surface area contributed by atoms with Gasteiger partial charge in [-0.25, -0.2) is 0 Å². The summed E-state index contributed by atoms with van der Waals surface area (Å²) in [5.74, 6) is 0. The summed E-state index contributed by atoms with van der Waals surface area (Å²) in [5, 5.41) is 5.23. The van der Waals surface area contributed by atoms with Gasteiger partial charge in [-0.1, -0.05) is 76.1 Å². The topological polar surface area (TPSA) is 0 Å². The van der Waals surface area contributed by atoms with Crippen LogP contribution in [0.5, 0.6) is 0 Å². The first-order valence-corrected chi connectivity index (χ1v) is 11.6. The van der Waals surface area contributed by atoms with Gasteiger partial charge < -0.3 is 0 Å². The molecule has 0 amide bonds. The zero-order valence-electron chi connectivity index (χ0n) is 14.5. The van der Waals surface area contributed by atoms with Gasteiger partial charge in [-0.2, -0.15) is 0 Å². The first-order valence-electron chi connectivity index (χ1n) is 8.54. The lowest BCUT2D eigenvalue weighted by Crippen LogP contribution is -2.33. The molecular weight excluding hydrogens is 387 g/mol. The predicted octanol–water partition coefficient (Wildman–Crippen LogP) is 5.32. The van der Waals surface area contributed by atoms with Crippen molar-refractivity contribution in [3.05, 3.63) is 103 Å². The van der Waals surface area contributed by atoms with Crippen molar-refractivity contribution in [3.8, 4) is 0 Å². The smallest absolute Gasteiger partial charge is 0.0880 e. The molecule has 0 saturated carbocycles. The summed E-state index contributed by atoms with van der Waals surface area (Å²) in [7, 11) is -1.72. The third kappa shape index (κ3) is 3.94. The minimum atomic E-state index is -1.72. The number of hydrogen-bond donors (Lipinski definition) is 0. The molecular formula is C23H23BrP+. The van der Waals surface area contributed by atoms with E-state index in [0.717, 1.165) is 11.5 Å². The highest BCUT2D eigenvalue weighted by atomic mass is 79.9. The SMILES string of the molecule is CC(=CC[P+](c1ccccc1)(c1ccccc1)c1ccccc1)CBr. The van der Waals surface area contributed by atoms with Gasteiger partial charge >= 0.3 is 0 Å². The lowest BCUT2D eigenvalue weighted by molar-refractivity contribution is 1.39. The molecule has 0 bridgehead atoms. The minimum absolute atomic E-state index is 0.922. The van der Waals surface area contributed by atoms with Crippen LogP contribution in [0.4, 0.5) is 0 Å². The first kappa shape index (κ1) is 18.1. The van der Waals surface area contributed by atoms with Crippen LogP contribution < -0.4 is 15.9 Å². The highest BCUT2D eigenvalue weighted by Crippen LogP contribution is 2.55. The van der Waals surface area contributed by atoms with E-state index in [2.05, 4.69) is 120 Å². The normalized spacial score (nSPS) is 12.2. The van der Waals surface area contributed by atoms with Crippen LogP contribution in [0.2, 0.25) is 0 Å². The van der Waals surface area contributed by atoms with Crippen LogP contribution in [0, 0.1) is 0 Å². The molecule has 0 aromatic heterocycles. The molecule has 0 atom stereocenters. The summed E-state index contributed by atoms with van der Waals surface area (Å²) in [6.45, 7) is 2.20. The third-order valence-electron chi connectivity index (χ3n) is 4.52. The van der Waals surface area contributed by atoms with Crippen molar-refractivity contribution in [2.45, 2.75) is 6.92 Å². The standard InChI is InChI=1S/C23H23BrP/c1-20(19-24)17-18-25(21-11-5-2-6-12-21,22-13-7-3-8-14-22)23-15-9-4-10-16-23/h2-17H,18-19H2,1H3/q+1. The van der Waals surface area contributed by atoms with Gasteiger partial charge in [-0.15, -0.1) is 0 Å². The summed E-state index contributed by atoms with van der Waals surface area (Å²) < 4.78 is 0.